The zero-order chi connectivity index (χ0) is 14.3. The van der Waals surface area contributed by atoms with Crippen molar-refractivity contribution in [3.05, 3.63) is 42.2 Å². The summed E-state index contributed by atoms with van der Waals surface area (Å²) in [4.78, 5) is 4.32. The van der Waals surface area contributed by atoms with Gasteiger partial charge in [-0.3, -0.25) is 4.98 Å². The fourth-order valence-electron chi connectivity index (χ4n) is 2.37. The van der Waals surface area contributed by atoms with Gasteiger partial charge in [-0.1, -0.05) is 32.1 Å². The normalized spacial score (nSPS) is 11.9. The Morgan fingerprint density at radius 1 is 1.15 bits per heavy atom. The van der Waals surface area contributed by atoms with E-state index in [2.05, 4.69) is 36.1 Å². The number of pyridine rings is 1. The van der Waals surface area contributed by atoms with Crippen LogP contribution in [0.15, 0.2) is 36.5 Å². The van der Waals surface area contributed by atoms with Crippen molar-refractivity contribution in [2.24, 2.45) is 0 Å². The van der Waals surface area contributed by atoms with Crippen LogP contribution in [0.4, 0.5) is 5.82 Å². The first-order valence-corrected chi connectivity index (χ1v) is 6.53. The Balaban J connectivity index is 2.21. The van der Waals surface area contributed by atoms with E-state index in [1.54, 1.807) is 6.20 Å². The Morgan fingerprint density at radius 3 is 2.70 bits per heavy atom. The van der Waals surface area contributed by atoms with E-state index in [-0.39, 0.29) is 5.41 Å². The third kappa shape index (κ3) is 2.01. The highest BCUT2D eigenvalue weighted by molar-refractivity contribution is 5.80. The molecule has 0 saturated carbocycles. The number of benzene rings is 1. The average Bonchev–Trinajstić information content (AvgIpc) is 2.80. The molecule has 0 amide bonds. The number of fused-ring (bicyclic) bond motifs is 1. The van der Waals surface area contributed by atoms with Gasteiger partial charge in [-0.05, 0) is 24.3 Å². The Labute approximate surface area is 117 Å². The maximum atomic E-state index is 5.97. The van der Waals surface area contributed by atoms with Crippen molar-refractivity contribution in [1.29, 1.82) is 0 Å². The van der Waals surface area contributed by atoms with Crippen molar-refractivity contribution in [1.82, 2.24) is 20.0 Å². The van der Waals surface area contributed by atoms with Crippen molar-refractivity contribution >= 4 is 16.7 Å². The molecule has 20 heavy (non-hydrogen) atoms. The number of nitrogen functional groups attached to an aromatic ring is 1. The zero-order valence-corrected chi connectivity index (χ0v) is 11.8. The van der Waals surface area contributed by atoms with Crippen LogP contribution in [0.25, 0.3) is 16.6 Å². The Bertz CT molecular complexity index is 767. The van der Waals surface area contributed by atoms with E-state index in [0.717, 1.165) is 22.3 Å². The summed E-state index contributed by atoms with van der Waals surface area (Å²) in [6.07, 6.45) is 1.79. The topological polar surface area (TPSA) is 69.6 Å². The van der Waals surface area contributed by atoms with Crippen molar-refractivity contribution in [2.75, 3.05) is 5.73 Å². The summed E-state index contributed by atoms with van der Waals surface area (Å²) in [5.74, 6) is 0.476. The third-order valence-corrected chi connectivity index (χ3v) is 3.24. The van der Waals surface area contributed by atoms with Crippen LogP contribution in [0, 0.1) is 0 Å². The SMILES string of the molecule is CC(C)(C)c1c(N)nnn1-c1ccc2ncccc2c1. The lowest BCUT2D eigenvalue weighted by atomic mass is 9.91. The molecular formula is C15H17N5. The van der Waals surface area contributed by atoms with Gasteiger partial charge in [0.15, 0.2) is 5.82 Å². The number of nitrogens with zero attached hydrogens (tertiary/aromatic N) is 4. The molecule has 0 aliphatic heterocycles. The molecule has 0 aliphatic carbocycles. The molecule has 5 nitrogen and oxygen atoms in total. The number of rotatable bonds is 1. The van der Waals surface area contributed by atoms with Crippen LogP contribution in [0.1, 0.15) is 26.5 Å². The molecule has 0 saturated heterocycles. The fourth-order valence-corrected chi connectivity index (χ4v) is 2.37. The van der Waals surface area contributed by atoms with Gasteiger partial charge in [-0.2, -0.15) is 0 Å². The van der Waals surface area contributed by atoms with Gasteiger partial charge >= 0.3 is 0 Å². The smallest absolute Gasteiger partial charge is 0.170 e. The second-order valence-electron chi connectivity index (χ2n) is 5.87. The van der Waals surface area contributed by atoms with Gasteiger partial charge in [0.25, 0.3) is 0 Å². The number of hydrogen-bond donors (Lipinski definition) is 1. The standard InChI is InChI=1S/C15H17N5/c1-15(2,3)13-14(16)18-19-20(13)11-6-7-12-10(9-11)5-4-8-17-12/h4-9H,16H2,1-3H3. The van der Waals surface area contributed by atoms with E-state index in [9.17, 15) is 0 Å². The van der Waals surface area contributed by atoms with Crippen molar-refractivity contribution in [2.45, 2.75) is 26.2 Å². The number of nitrogens with two attached hydrogens (primary N) is 1. The summed E-state index contributed by atoms with van der Waals surface area (Å²) >= 11 is 0. The molecule has 0 atom stereocenters. The van der Waals surface area contributed by atoms with E-state index in [4.69, 9.17) is 5.73 Å². The van der Waals surface area contributed by atoms with Crippen LogP contribution in [0.2, 0.25) is 0 Å². The highest BCUT2D eigenvalue weighted by atomic mass is 15.4. The molecule has 2 N–H and O–H groups in total. The molecule has 2 heterocycles. The first kappa shape index (κ1) is 12.6. The molecule has 2 aromatic heterocycles. The molecule has 0 spiro atoms. The largest absolute Gasteiger partial charge is 0.381 e. The Hall–Kier alpha value is -2.43. The average molecular weight is 267 g/mol. The predicted octanol–water partition coefficient (Wildman–Crippen LogP) is 2.70. The first-order chi connectivity index (χ1) is 9.47. The summed E-state index contributed by atoms with van der Waals surface area (Å²) in [7, 11) is 0. The van der Waals surface area contributed by atoms with Gasteiger partial charge in [0.1, 0.15) is 0 Å². The molecule has 0 aliphatic rings. The molecular weight excluding hydrogens is 250 g/mol. The monoisotopic (exact) mass is 267 g/mol. The van der Waals surface area contributed by atoms with Crippen LogP contribution < -0.4 is 5.73 Å². The molecule has 3 rings (SSSR count). The molecule has 5 heteroatoms. The minimum Gasteiger partial charge on any atom is -0.381 e. The van der Waals surface area contributed by atoms with Crippen LogP contribution in [0.3, 0.4) is 0 Å². The van der Waals surface area contributed by atoms with E-state index in [1.807, 2.05) is 35.0 Å². The maximum absolute atomic E-state index is 5.97. The van der Waals surface area contributed by atoms with Crippen molar-refractivity contribution in [3.63, 3.8) is 0 Å². The highest BCUT2D eigenvalue weighted by Gasteiger charge is 2.24. The summed E-state index contributed by atoms with van der Waals surface area (Å²) in [5, 5.41) is 9.26. The summed E-state index contributed by atoms with van der Waals surface area (Å²) in [6.45, 7) is 6.30. The van der Waals surface area contributed by atoms with Crippen LogP contribution in [-0.4, -0.2) is 20.0 Å². The van der Waals surface area contributed by atoms with E-state index >= 15 is 0 Å². The lowest BCUT2D eigenvalue weighted by Gasteiger charge is -2.20. The van der Waals surface area contributed by atoms with Crippen LogP contribution in [-0.2, 0) is 5.41 Å². The van der Waals surface area contributed by atoms with Gasteiger partial charge in [0.2, 0.25) is 0 Å². The Kier molecular flexibility index (Phi) is 2.71. The number of aromatic nitrogens is 4. The molecule has 0 bridgehead atoms. The minimum absolute atomic E-state index is 0.128. The van der Waals surface area contributed by atoms with E-state index < -0.39 is 0 Å². The molecule has 102 valence electrons. The quantitative estimate of drug-likeness (QED) is 0.736. The van der Waals surface area contributed by atoms with Gasteiger partial charge in [-0.15, -0.1) is 5.10 Å². The molecule has 0 radical (unpaired) electrons. The number of anilines is 1. The minimum atomic E-state index is -0.128. The van der Waals surface area contributed by atoms with Crippen molar-refractivity contribution < 1.29 is 0 Å². The lowest BCUT2D eigenvalue weighted by Crippen LogP contribution is -2.19. The van der Waals surface area contributed by atoms with E-state index in [1.165, 1.54) is 0 Å². The lowest BCUT2D eigenvalue weighted by molar-refractivity contribution is 0.544. The van der Waals surface area contributed by atoms with Crippen LogP contribution >= 0.6 is 0 Å². The first-order valence-electron chi connectivity index (χ1n) is 6.53. The highest BCUT2D eigenvalue weighted by Crippen LogP contribution is 2.29. The van der Waals surface area contributed by atoms with Crippen molar-refractivity contribution in [3.8, 4) is 5.69 Å². The number of hydrogen-bond acceptors (Lipinski definition) is 4. The van der Waals surface area contributed by atoms with Crippen LogP contribution in [0.5, 0.6) is 0 Å². The van der Waals surface area contributed by atoms with Gasteiger partial charge < -0.3 is 5.73 Å². The van der Waals surface area contributed by atoms with Gasteiger partial charge in [0, 0.05) is 17.0 Å². The second kappa shape index (κ2) is 4.30. The second-order valence-corrected chi connectivity index (χ2v) is 5.87. The summed E-state index contributed by atoms with van der Waals surface area (Å²) in [5.41, 5.74) is 8.66. The Morgan fingerprint density at radius 2 is 1.95 bits per heavy atom. The van der Waals surface area contributed by atoms with Gasteiger partial charge in [-0.25, -0.2) is 4.68 Å². The summed E-state index contributed by atoms with van der Waals surface area (Å²) < 4.78 is 1.81. The fraction of sp³-hybridized carbons (Fsp3) is 0.267. The summed E-state index contributed by atoms with van der Waals surface area (Å²) in [6, 6.07) is 9.97. The molecule has 0 fully saturated rings. The molecule has 0 unspecified atom stereocenters. The third-order valence-electron chi connectivity index (χ3n) is 3.24. The molecule has 1 aromatic carbocycles. The van der Waals surface area contributed by atoms with E-state index in [0.29, 0.717) is 5.82 Å². The predicted molar refractivity (Wildman–Crippen MR) is 79.8 cm³/mol. The maximum Gasteiger partial charge on any atom is 0.170 e. The molecule has 3 aromatic rings. The zero-order valence-electron chi connectivity index (χ0n) is 11.8. The van der Waals surface area contributed by atoms with Gasteiger partial charge in [0.05, 0.1) is 16.9 Å².